The van der Waals surface area contributed by atoms with Crippen LogP contribution in [0.1, 0.15) is 19.3 Å². The van der Waals surface area contributed by atoms with Crippen LogP contribution in [-0.2, 0) is 14.3 Å². The molecule has 3 aliphatic rings. The molecule has 1 amide bonds. The summed E-state index contributed by atoms with van der Waals surface area (Å²) in [7, 11) is 0. The smallest absolute Gasteiger partial charge is 0.239 e. The van der Waals surface area contributed by atoms with E-state index in [1.54, 1.807) is 0 Å². The van der Waals surface area contributed by atoms with Crippen molar-refractivity contribution in [1.82, 2.24) is 10.6 Å². The molecule has 4 unspecified atom stereocenters. The van der Waals surface area contributed by atoms with Crippen molar-refractivity contribution in [3.8, 4) is 0 Å². The Morgan fingerprint density at radius 3 is 2.82 bits per heavy atom. The number of hydrogen-bond acceptors (Lipinski definition) is 4. The Labute approximate surface area is 107 Å². The molecule has 0 aromatic carbocycles. The third-order valence-corrected chi connectivity index (χ3v) is 3.67. The van der Waals surface area contributed by atoms with Crippen molar-refractivity contribution in [2.45, 2.75) is 43.6 Å². The number of carbonyl (C=O) groups excluding carboxylic acids is 1. The molecule has 4 atom stereocenters. The lowest BCUT2D eigenvalue weighted by Crippen LogP contribution is -2.54. The molecule has 0 spiro atoms. The quantitative estimate of drug-likeness (QED) is 0.726. The molecule has 6 heteroatoms. The Morgan fingerprint density at radius 2 is 2.24 bits per heavy atom. The van der Waals surface area contributed by atoms with Crippen molar-refractivity contribution in [2.24, 2.45) is 0 Å². The Kier molecular flexibility index (Phi) is 4.25. The van der Waals surface area contributed by atoms with E-state index in [1.165, 1.54) is 0 Å². The van der Waals surface area contributed by atoms with Crippen LogP contribution >= 0.6 is 12.4 Å². The molecule has 0 aromatic heterocycles. The van der Waals surface area contributed by atoms with Gasteiger partial charge >= 0.3 is 0 Å². The minimum absolute atomic E-state index is 0. The lowest BCUT2D eigenvalue weighted by Gasteiger charge is -2.26. The van der Waals surface area contributed by atoms with E-state index in [0.717, 1.165) is 25.8 Å². The van der Waals surface area contributed by atoms with E-state index in [4.69, 9.17) is 9.47 Å². The van der Waals surface area contributed by atoms with Crippen molar-refractivity contribution in [3.63, 3.8) is 0 Å². The number of rotatable bonds is 2. The fourth-order valence-corrected chi connectivity index (χ4v) is 2.81. The van der Waals surface area contributed by atoms with E-state index in [1.807, 2.05) is 0 Å². The van der Waals surface area contributed by atoms with Crippen LogP contribution < -0.4 is 10.6 Å². The number of morpholine rings is 1. The van der Waals surface area contributed by atoms with E-state index in [2.05, 4.69) is 10.6 Å². The molecule has 2 bridgehead atoms. The Hall–Kier alpha value is -0.360. The number of amides is 1. The zero-order valence-electron chi connectivity index (χ0n) is 9.69. The summed E-state index contributed by atoms with van der Waals surface area (Å²) < 4.78 is 11.0. The van der Waals surface area contributed by atoms with Crippen LogP contribution in [0.4, 0.5) is 0 Å². The number of nitrogens with one attached hydrogen (secondary N) is 2. The largest absolute Gasteiger partial charge is 0.378 e. The predicted molar refractivity (Wildman–Crippen MR) is 64.3 cm³/mol. The molecule has 3 heterocycles. The van der Waals surface area contributed by atoms with Gasteiger partial charge in [-0.05, 0) is 19.3 Å². The van der Waals surface area contributed by atoms with Gasteiger partial charge in [0.25, 0.3) is 0 Å². The summed E-state index contributed by atoms with van der Waals surface area (Å²) in [5.41, 5.74) is 0. The summed E-state index contributed by atoms with van der Waals surface area (Å²) in [6, 6.07) is 0.0304. The fraction of sp³-hybridized carbons (Fsp3) is 0.909. The maximum absolute atomic E-state index is 11.9. The zero-order valence-corrected chi connectivity index (χ0v) is 10.5. The van der Waals surface area contributed by atoms with Crippen LogP contribution in [0.5, 0.6) is 0 Å². The van der Waals surface area contributed by atoms with Crippen molar-refractivity contribution in [1.29, 1.82) is 0 Å². The van der Waals surface area contributed by atoms with Crippen molar-refractivity contribution in [2.75, 3.05) is 19.8 Å². The summed E-state index contributed by atoms with van der Waals surface area (Å²) in [5.74, 6) is 0.0563. The lowest BCUT2D eigenvalue weighted by atomic mass is 9.95. The summed E-state index contributed by atoms with van der Waals surface area (Å²) in [5, 5.41) is 6.23. The highest BCUT2D eigenvalue weighted by atomic mass is 35.5. The monoisotopic (exact) mass is 262 g/mol. The van der Waals surface area contributed by atoms with Gasteiger partial charge in [-0.15, -0.1) is 12.4 Å². The van der Waals surface area contributed by atoms with Gasteiger partial charge in [-0.1, -0.05) is 0 Å². The third kappa shape index (κ3) is 2.73. The van der Waals surface area contributed by atoms with E-state index >= 15 is 0 Å². The number of fused-ring (bicyclic) bond motifs is 2. The molecule has 2 N–H and O–H groups in total. The normalized spacial score (nSPS) is 39.8. The van der Waals surface area contributed by atoms with Crippen LogP contribution in [0, 0.1) is 0 Å². The number of halogens is 1. The van der Waals surface area contributed by atoms with Crippen LogP contribution in [0.25, 0.3) is 0 Å². The third-order valence-electron chi connectivity index (χ3n) is 3.67. The highest BCUT2D eigenvalue weighted by molar-refractivity contribution is 5.85. The van der Waals surface area contributed by atoms with Gasteiger partial charge < -0.3 is 20.1 Å². The second kappa shape index (κ2) is 5.52. The van der Waals surface area contributed by atoms with E-state index in [-0.39, 0.29) is 36.5 Å². The van der Waals surface area contributed by atoms with E-state index in [0.29, 0.717) is 19.3 Å². The second-order valence-electron chi connectivity index (χ2n) is 4.81. The van der Waals surface area contributed by atoms with Gasteiger partial charge in [0.2, 0.25) is 5.91 Å². The molecule has 5 nitrogen and oxygen atoms in total. The minimum Gasteiger partial charge on any atom is -0.378 e. The van der Waals surface area contributed by atoms with E-state index < -0.39 is 0 Å². The van der Waals surface area contributed by atoms with Gasteiger partial charge in [0.1, 0.15) is 6.04 Å². The lowest BCUT2D eigenvalue weighted by molar-refractivity contribution is -0.127. The molecule has 3 rings (SSSR count). The Bertz CT molecular complexity index is 284. The molecule has 3 fully saturated rings. The average Bonchev–Trinajstić information content (AvgIpc) is 2.92. The molecule has 0 saturated carbocycles. The van der Waals surface area contributed by atoms with Crippen molar-refractivity contribution < 1.29 is 14.3 Å². The first-order valence-electron chi connectivity index (χ1n) is 6.10. The Morgan fingerprint density at radius 1 is 1.35 bits per heavy atom. The van der Waals surface area contributed by atoms with Gasteiger partial charge in [-0.2, -0.15) is 0 Å². The van der Waals surface area contributed by atoms with Crippen LogP contribution in [0.2, 0.25) is 0 Å². The highest BCUT2D eigenvalue weighted by Gasteiger charge is 2.42. The summed E-state index contributed by atoms with van der Waals surface area (Å²) in [4.78, 5) is 11.9. The predicted octanol–water partition coefficient (Wildman–Crippen LogP) is -0.167. The number of hydrogen-bond donors (Lipinski definition) is 2. The molecule has 3 saturated heterocycles. The molecule has 0 aromatic rings. The molecule has 0 aliphatic carbocycles. The molecule has 3 aliphatic heterocycles. The SMILES string of the molecule is Cl.O=C(NC1CC2CCC1O2)C1COCCN1. The van der Waals surface area contributed by atoms with Crippen LogP contribution in [0.15, 0.2) is 0 Å². The second-order valence-corrected chi connectivity index (χ2v) is 4.81. The number of ether oxygens (including phenoxy) is 2. The first-order valence-corrected chi connectivity index (χ1v) is 6.10. The van der Waals surface area contributed by atoms with Gasteiger partial charge in [0.05, 0.1) is 31.5 Å². The summed E-state index contributed by atoms with van der Waals surface area (Å²) in [6.45, 7) is 1.93. The van der Waals surface area contributed by atoms with E-state index in [9.17, 15) is 4.79 Å². The average molecular weight is 263 g/mol. The zero-order chi connectivity index (χ0) is 11.0. The maximum atomic E-state index is 11.9. The maximum Gasteiger partial charge on any atom is 0.239 e. The summed E-state index contributed by atoms with van der Waals surface area (Å²) in [6.07, 6.45) is 3.85. The van der Waals surface area contributed by atoms with Crippen LogP contribution in [0.3, 0.4) is 0 Å². The first-order chi connectivity index (χ1) is 7.83. The molecule has 17 heavy (non-hydrogen) atoms. The van der Waals surface area contributed by atoms with Crippen molar-refractivity contribution >= 4 is 18.3 Å². The minimum atomic E-state index is -0.187. The summed E-state index contributed by atoms with van der Waals surface area (Å²) >= 11 is 0. The standard InChI is InChI=1S/C11H18N2O3.ClH/c14-11(9-6-15-4-3-12-9)13-8-5-7-1-2-10(8)16-7;/h7-10,12H,1-6H2,(H,13,14);1H. The molecule has 0 radical (unpaired) electrons. The van der Waals surface area contributed by atoms with Gasteiger partial charge in [-0.25, -0.2) is 0 Å². The highest BCUT2D eigenvalue weighted by Crippen LogP contribution is 2.34. The van der Waals surface area contributed by atoms with Gasteiger partial charge in [0.15, 0.2) is 0 Å². The van der Waals surface area contributed by atoms with Gasteiger partial charge in [0, 0.05) is 6.54 Å². The fourth-order valence-electron chi connectivity index (χ4n) is 2.81. The molecule has 98 valence electrons. The Balaban J connectivity index is 0.00000108. The van der Waals surface area contributed by atoms with Crippen molar-refractivity contribution in [3.05, 3.63) is 0 Å². The molecular formula is C11H19ClN2O3. The van der Waals surface area contributed by atoms with Crippen LogP contribution in [-0.4, -0.2) is 50.0 Å². The number of carbonyl (C=O) groups is 1. The first kappa shape index (κ1) is 13.1. The topological polar surface area (TPSA) is 59.6 Å². The molecular weight excluding hydrogens is 244 g/mol. The van der Waals surface area contributed by atoms with Gasteiger partial charge in [-0.3, -0.25) is 4.79 Å².